The van der Waals surface area contributed by atoms with Crippen LogP contribution < -0.4 is 4.90 Å². The third-order valence-corrected chi connectivity index (χ3v) is 4.62. The van der Waals surface area contributed by atoms with Crippen molar-refractivity contribution in [3.05, 3.63) is 48.7 Å². The second-order valence-corrected chi connectivity index (χ2v) is 6.15. The van der Waals surface area contributed by atoms with Crippen molar-refractivity contribution in [1.82, 2.24) is 19.3 Å². The maximum Gasteiger partial charge on any atom is 0.180 e. The lowest BCUT2D eigenvalue weighted by atomic mass is 10.1. The summed E-state index contributed by atoms with van der Waals surface area (Å²) in [6.07, 6.45) is 5.37. The molecule has 1 saturated heterocycles. The van der Waals surface area contributed by atoms with Gasteiger partial charge in [0.2, 0.25) is 0 Å². The summed E-state index contributed by atoms with van der Waals surface area (Å²) in [7, 11) is 0. The molecule has 1 aliphatic heterocycles. The lowest BCUT2D eigenvalue weighted by Crippen LogP contribution is -2.47. The van der Waals surface area contributed by atoms with Gasteiger partial charge in [-0.2, -0.15) is 0 Å². The van der Waals surface area contributed by atoms with Gasteiger partial charge < -0.3 is 10.0 Å². The van der Waals surface area contributed by atoms with E-state index in [0.717, 1.165) is 48.9 Å². The van der Waals surface area contributed by atoms with E-state index in [0.29, 0.717) is 6.54 Å². The summed E-state index contributed by atoms with van der Waals surface area (Å²) < 4.78 is 15.5. The van der Waals surface area contributed by atoms with Crippen molar-refractivity contribution in [2.75, 3.05) is 44.2 Å². The first-order valence-corrected chi connectivity index (χ1v) is 8.42. The van der Waals surface area contributed by atoms with E-state index in [-0.39, 0.29) is 12.4 Å². The predicted molar refractivity (Wildman–Crippen MR) is 94.1 cm³/mol. The highest BCUT2D eigenvalue weighted by Gasteiger charge is 2.21. The van der Waals surface area contributed by atoms with Gasteiger partial charge in [0, 0.05) is 50.7 Å². The number of imidazole rings is 1. The van der Waals surface area contributed by atoms with E-state index in [4.69, 9.17) is 5.11 Å². The first-order chi connectivity index (χ1) is 12.3. The van der Waals surface area contributed by atoms with Gasteiger partial charge >= 0.3 is 0 Å². The third kappa shape index (κ3) is 3.08. The number of rotatable bonds is 4. The van der Waals surface area contributed by atoms with Gasteiger partial charge in [-0.05, 0) is 12.1 Å². The van der Waals surface area contributed by atoms with Gasteiger partial charge in [0.15, 0.2) is 11.5 Å². The fourth-order valence-electron chi connectivity index (χ4n) is 3.31. The SMILES string of the molecule is OCCN1CCN(c2nccn3c(-c4cccc(F)c4)cnc23)CC1. The zero-order chi connectivity index (χ0) is 17.2. The van der Waals surface area contributed by atoms with Crippen LogP contribution in [-0.2, 0) is 0 Å². The van der Waals surface area contributed by atoms with Gasteiger partial charge in [-0.25, -0.2) is 14.4 Å². The lowest BCUT2D eigenvalue weighted by Gasteiger charge is -2.35. The van der Waals surface area contributed by atoms with Gasteiger partial charge in [0.1, 0.15) is 5.82 Å². The summed E-state index contributed by atoms with van der Waals surface area (Å²) in [5.74, 6) is 0.579. The van der Waals surface area contributed by atoms with Crippen molar-refractivity contribution in [2.24, 2.45) is 0 Å². The van der Waals surface area contributed by atoms with Crippen molar-refractivity contribution in [3.8, 4) is 11.3 Å². The van der Waals surface area contributed by atoms with E-state index in [9.17, 15) is 4.39 Å². The molecule has 0 atom stereocenters. The highest BCUT2D eigenvalue weighted by molar-refractivity contribution is 5.71. The quantitative estimate of drug-likeness (QED) is 0.782. The van der Waals surface area contributed by atoms with Crippen molar-refractivity contribution < 1.29 is 9.50 Å². The number of nitrogens with zero attached hydrogens (tertiary/aromatic N) is 5. The molecule has 1 N–H and O–H groups in total. The van der Waals surface area contributed by atoms with Crippen LogP contribution in [0, 0.1) is 5.82 Å². The number of halogens is 1. The fourth-order valence-corrected chi connectivity index (χ4v) is 3.31. The molecule has 0 unspecified atom stereocenters. The topological polar surface area (TPSA) is 56.9 Å². The molecule has 3 aromatic rings. The summed E-state index contributed by atoms with van der Waals surface area (Å²) in [6, 6.07) is 6.52. The number of piperazine rings is 1. The second kappa shape index (κ2) is 6.78. The van der Waals surface area contributed by atoms with Gasteiger partial charge in [-0.15, -0.1) is 0 Å². The summed E-state index contributed by atoms with van der Waals surface area (Å²) in [4.78, 5) is 13.5. The molecule has 0 aliphatic carbocycles. The van der Waals surface area contributed by atoms with Crippen LogP contribution in [-0.4, -0.2) is 63.7 Å². The van der Waals surface area contributed by atoms with Crippen LogP contribution in [0.2, 0.25) is 0 Å². The largest absolute Gasteiger partial charge is 0.395 e. The molecule has 0 amide bonds. The highest BCUT2D eigenvalue weighted by Crippen LogP contribution is 2.26. The van der Waals surface area contributed by atoms with Gasteiger partial charge in [0.25, 0.3) is 0 Å². The Hall–Kier alpha value is -2.51. The second-order valence-electron chi connectivity index (χ2n) is 6.15. The summed E-state index contributed by atoms with van der Waals surface area (Å²) in [6.45, 7) is 4.36. The number of aromatic nitrogens is 3. The average molecular weight is 341 g/mol. The molecule has 0 radical (unpaired) electrons. The monoisotopic (exact) mass is 341 g/mol. The van der Waals surface area contributed by atoms with Crippen LogP contribution >= 0.6 is 0 Å². The Labute approximate surface area is 145 Å². The number of benzene rings is 1. The van der Waals surface area contributed by atoms with Gasteiger partial charge in [-0.3, -0.25) is 9.30 Å². The smallest absolute Gasteiger partial charge is 0.180 e. The Morgan fingerprint density at radius 1 is 1.12 bits per heavy atom. The predicted octanol–water partition coefficient (Wildman–Crippen LogP) is 1.65. The van der Waals surface area contributed by atoms with Gasteiger partial charge in [-0.1, -0.05) is 12.1 Å². The van der Waals surface area contributed by atoms with E-state index < -0.39 is 0 Å². The molecule has 0 bridgehead atoms. The van der Waals surface area contributed by atoms with Crippen molar-refractivity contribution in [3.63, 3.8) is 0 Å². The average Bonchev–Trinajstić information content (AvgIpc) is 3.07. The Morgan fingerprint density at radius 2 is 1.96 bits per heavy atom. The molecule has 25 heavy (non-hydrogen) atoms. The van der Waals surface area contributed by atoms with Crippen LogP contribution in [0.4, 0.5) is 10.2 Å². The van der Waals surface area contributed by atoms with E-state index >= 15 is 0 Å². The number of hydrogen-bond acceptors (Lipinski definition) is 5. The number of β-amino-alcohol motifs (C(OH)–C–C–N with tert-alkyl or cyclic N) is 1. The Kier molecular flexibility index (Phi) is 4.33. The molecule has 3 heterocycles. The maximum atomic E-state index is 13.6. The van der Waals surface area contributed by atoms with Crippen molar-refractivity contribution in [1.29, 1.82) is 0 Å². The highest BCUT2D eigenvalue weighted by atomic mass is 19.1. The Balaban J connectivity index is 1.66. The molecular formula is C18H20FN5O. The van der Waals surface area contributed by atoms with Crippen LogP contribution in [0.15, 0.2) is 42.9 Å². The van der Waals surface area contributed by atoms with E-state index in [2.05, 4.69) is 19.8 Å². The summed E-state index contributed by atoms with van der Waals surface area (Å²) in [5.41, 5.74) is 2.41. The number of anilines is 1. The minimum atomic E-state index is -0.262. The minimum absolute atomic E-state index is 0.186. The van der Waals surface area contributed by atoms with E-state index in [1.54, 1.807) is 18.5 Å². The third-order valence-electron chi connectivity index (χ3n) is 4.62. The molecule has 1 fully saturated rings. The normalized spacial score (nSPS) is 15.8. The number of aliphatic hydroxyl groups excluding tert-OH is 1. The molecule has 130 valence electrons. The zero-order valence-corrected chi connectivity index (χ0v) is 13.8. The van der Waals surface area contributed by atoms with Crippen LogP contribution in [0.3, 0.4) is 0 Å². The first kappa shape index (κ1) is 16.0. The Morgan fingerprint density at radius 3 is 2.72 bits per heavy atom. The standard InChI is InChI=1S/C18H20FN5O/c19-15-3-1-2-14(12-15)16-13-21-18-17(20-4-5-24(16)18)23-8-6-22(7-9-23)10-11-25/h1-5,12-13,25H,6-11H2. The number of hydrogen-bond donors (Lipinski definition) is 1. The molecule has 4 rings (SSSR count). The minimum Gasteiger partial charge on any atom is -0.395 e. The summed E-state index contributed by atoms with van der Waals surface area (Å²) in [5, 5.41) is 9.07. The number of fused-ring (bicyclic) bond motifs is 1. The summed E-state index contributed by atoms with van der Waals surface area (Å²) >= 11 is 0. The van der Waals surface area contributed by atoms with Crippen molar-refractivity contribution in [2.45, 2.75) is 0 Å². The Bertz CT molecular complexity index is 873. The molecule has 7 heteroatoms. The van der Waals surface area contributed by atoms with Crippen LogP contribution in [0.5, 0.6) is 0 Å². The molecule has 2 aromatic heterocycles. The molecule has 1 aromatic carbocycles. The molecule has 1 aliphatic rings. The van der Waals surface area contributed by atoms with Crippen LogP contribution in [0.1, 0.15) is 0 Å². The molecule has 0 saturated carbocycles. The lowest BCUT2D eigenvalue weighted by molar-refractivity contribution is 0.188. The maximum absolute atomic E-state index is 13.6. The zero-order valence-electron chi connectivity index (χ0n) is 13.8. The van der Waals surface area contributed by atoms with E-state index in [1.807, 2.05) is 16.7 Å². The molecule has 6 nitrogen and oxygen atoms in total. The van der Waals surface area contributed by atoms with Crippen LogP contribution in [0.25, 0.3) is 16.9 Å². The van der Waals surface area contributed by atoms with Gasteiger partial charge in [0.05, 0.1) is 18.5 Å². The number of aliphatic hydroxyl groups is 1. The van der Waals surface area contributed by atoms with E-state index in [1.165, 1.54) is 12.1 Å². The van der Waals surface area contributed by atoms with Crippen molar-refractivity contribution >= 4 is 11.5 Å². The fraction of sp³-hybridized carbons (Fsp3) is 0.333. The first-order valence-electron chi connectivity index (χ1n) is 8.42. The molecule has 0 spiro atoms. The molecular weight excluding hydrogens is 321 g/mol.